The molecule has 0 radical (unpaired) electrons. The van der Waals surface area contributed by atoms with Crippen LogP contribution in [0.15, 0.2) is 47.4 Å². The molecular formula is C21H24N2O4S. The largest absolute Gasteiger partial charge is 0.497 e. The van der Waals surface area contributed by atoms with E-state index in [2.05, 4.69) is 5.32 Å². The van der Waals surface area contributed by atoms with E-state index in [1.54, 1.807) is 38.5 Å². The Hall–Kier alpha value is -2.67. The van der Waals surface area contributed by atoms with Crippen LogP contribution in [0.3, 0.4) is 0 Å². The van der Waals surface area contributed by atoms with Crippen LogP contribution in [0.2, 0.25) is 0 Å². The third-order valence-electron chi connectivity index (χ3n) is 4.55. The highest BCUT2D eigenvalue weighted by atomic mass is 32.2. The van der Waals surface area contributed by atoms with Gasteiger partial charge in [-0.3, -0.25) is 9.59 Å². The van der Waals surface area contributed by atoms with Crippen LogP contribution in [-0.4, -0.2) is 49.8 Å². The minimum absolute atomic E-state index is 0.121. The highest BCUT2D eigenvalue weighted by Gasteiger charge is 2.19. The molecule has 1 fully saturated rings. The lowest BCUT2D eigenvalue weighted by Crippen LogP contribution is -2.29. The zero-order valence-corrected chi connectivity index (χ0v) is 16.9. The molecule has 2 aromatic carbocycles. The lowest BCUT2D eigenvalue weighted by atomic mass is 10.2. The molecule has 1 aliphatic heterocycles. The smallest absolute Gasteiger partial charge is 0.256 e. The quantitative estimate of drug-likeness (QED) is 0.719. The molecule has 0 aromatic heterocycles. The Kier molecular flexibility index (Phi) is 6.81. The molecule has 1 saturated heterocycles. The summed E-state index contributed by atoms with van der Waals surface area (Å²) >= 11 is 1.39. The summed E-state index contributed by atoms with van der Waals surface area (Å²) < 4.78 is 10.5. The van der Waals surface area contributed by atoms with Crippen LogP contribution in [-0.2, 0) is 4.79 Å². The van der Waals surface area contributed by atoms with Crippen LogP contribution in [0, 0.1) is 0 Å². The molecule has 28 heavy (non-hydrogen) atoms. The van der Waals surface area contributed by atoms with E-state index in [1.165, 1.54) is 11.8 Å². The van der Waals surface area contributed by atoms with Crippen LogP contribution < -0.4 is 14.8 Å². The van der Waals surface area contributed by atoms with E-state index >= 15 is 0 Å². The van der Waals surface area contributed by atoms with E-state index < -0.39 is 0 Å². The molecule has 148 valence electrons. The van der Waals surface area contributed by atoms with E-state index in [1.807, 2.05) is 23.1 Å². The Morgan fingerprint density at radius 3 is 2.32 bits per heavy atom. The molecule has 0 bridgehead atoms. The van der Waals surface area contributed by atoms with Gasteiger partial charge in [-0.05, 0) is 25.0 Å². The molecule has 2 amide bonds. The predicted octanol–water partition coefficient (Wildman–Crippen LogP) is 3.67. The maximum atomic E-state index is 12.8. The van der Waals surface area contributed by atoms with Crippen molar-refractivity contribution in [1.82, 2.24) is 4.90 Å². The van der Waals surface area contributed by atoms with Crippen LogP contribution in [0.25, 0.3) is 0 Å². The van der Waals surface area contributed by atoms with Crippen molar-refractivity contribution in [3.05, 3.63) is 48.0 Å². The first kappa shape index (κ1) is 20.1. The van der Waals surface area contributed by atoms with Crippen LogP contribution in [0.5, 0.6) is 11.5 Å². The lowest BCUT2D eigenvalue weighted by molar-refractivity contribution is -0.127. The van der Waals surface area contributed by atoms with Crippen LogP contribution in [0.4, 0.5) is 5.69 Å². The molecule has 0 spiro atoms. The molecule has 1 heterocycles. The number of benzene rings is 2. The number of methoxy groups -OCH3 is 2. The molecule has 0 unspecified atom stereocenters. The van der Waals surface area contributed by atoms with Gasteiger partial charge in [-0.1, -0.05) is 12.1 Å². The molecule has 6 nitrogen and oxygen atoms in total. The maximum absolute atomic E-state index is 12.8. The SMILES string of the molecule is COc1cc(NC(=O)c2ccccc2SCC(=O)N2CCCC2)cc(OC)c1. The van der Waals surface area contributed by atoms with Gasteiger partial charge in [0.2, 0.25) is 5.91 Å². The summed E-state index contributed by atoms with van der Waals surface area (Å²) in [7, 11) is 3.12. The zero-order valence-electron chi connectivity index (χ0n) is 16.1. The number of nitrogens with one attached hydrogen (secondary N) is 1. The van der Waals surface area contributed by atoms with Gasteiger partial charge >= 0.3 is 0 Å². The van der Waals surface area contributed by atoms with Gasteiger partial charge < -0.3 is 19.7 Å². The fourth-order valence-corrected chi connectivity index (χ4v) is 4.01. The minimum Gasteiger partial charge on any atom is -0.497 e. The summed E-state index contributed by atoms with van der Waals surface area (Å²) in [5.74, 6) is 1.39. The van der Waals surface area contributed by atoms with E-state index in [0.717, 1.165) is 30.8 Å². The van der Waals surface area contributed by atoms with Gasteiger partial charge in [-0.15, -0.1) is 11.8 Å². The molecule has 7 heteroatoms. The van der Waals surface area contributed by atoms with Gasteiger partial charge in [0.15, 0.2) is 0 Å². The van der Waals surface area contributed by atoms with Gasteiger partial charge in [0.25, 0.3) is 5.91 Å². The lowest BCUT2D eigenvalue weighted by Gasteiger charge is -2.15. The summed E-state index contributed by atoms with van der Waals surface area (Å²) in [6.45, 7) is 1.67. The number of carbonyl (C=O) groups excluding carboxylic acids is 2. The minimum atomic E-state index is -0.243. The number of rotatable bonds is 7. The summed E-state index contributed by atoms with van der Waals surface area (Å²) in [6, 6.07) is 12.5. The summed E-state index contributed by atoms with van der Waals surface area (Å²) in [4.78, 5) is 27.8. The third kappa shape index (κ3) is 4.98. The van der Waals surface area contributed by atoms with E-state index in [0.29, 0.717) is 28.5 Å². The van der Waals surface area contributed by atoms with Gasteiger partial charge in [0.05, 0.1) is 25.5 Å². The molecule has 3 rings (SSSR count). The number of hydrogen-bond acceptors (Lipinski definition) is 5. The second-order valence-corrected chi connectivity index (χ2v) is 7.45. The fraction of sp³-hybridized carbons (Fsp3) is 0.333. The first-order valence-corrected chi connectivity index (χ1v) is 10.1. The number of likely N-dealkylation sites (tertiary alicyclic amines) is 1. The van der Waals surface area contributed by atoms with Gasteiger partial charge in [-0.25, -0.2) is 0 Å². The Morgan fingerprint density at radius 2 is 1.68 bits per heavy atom. The number of anilines is 1. The van der Waals surface area contributed by atoms with Crippen LogP contribution in [0.1, 0.15) is 23.2 Å². The normalized spacial score (nSPS) is 13.3. The molecule has 0 atom stereocenters. The number of ether oxygens (including phenoxy) is 2. The fourth-order valence-electron chi connectivity index (χ4n) is 3.06. The van der Waals surface area contributed by atoms with Crippen molar-refractivity contribution in [2.24, 2.45) is 0 Å². The Bertz CT molecular complexity index is 828. The van der Waals surface area contributed by atoms with Crippen molar-refractivity contribution in [1.29, 1.82) is 0 Å². The second kappa shape index (κ2) is 9.50. The van der Waals surface area contributed by atoms with E-state index in [-0.39, 0.29) is 11.8 Å². The Labute approximate surface area is 169 Å². The number of amides is 2. The topological polar surface area (TPSA) is 67.9 Å². The zero-order chi connectivity index (χ0) is 19.9. The van der Waals surface area contributed by atoms with Crippen molar-refractivity contribution in [2.45, 2.75) is 17.7 Å². The molecular weight excluding hydrogens is 376 g/mol. The first-order chi connectivity index (χ1) is 13.6. The van der Waals surface area contributed by atoms with E-state index in [9.17, 15) is 9.59 Å². The monoisotopic (exact) mass is 400 g/mol. The molecule has 0 aliphatic carbocycles. The van der Waals surface area contributed by atoms with Crippen molar-refractivity contribution >= 4 is 29.3 Å². The number of thioether (sulfide) groups is 1. The Balaban J connectivity index is 1.71. The summed E-state index contributed by atoms with van der Waals surface area (Å²) in [5, 5.41) is 2.88. The van der Waals surface area contributed by atoms with Crippen molar-refractivity contribution < 1.29 is 19.1 Å². The highest BCUT2D eigenvalue weighted by Crippen LogP contribution is 2.28. The summed E-state index contributed by atoms with van der Waals surface area (Å²) in [6.07, 6.45) is 2.14. The van der Waals surface area contributed by atoms with E-state index in [4.69, 9.17) is 9.47 Å². The number of carbonyl (C=O) groups is 2. The standard InChI is InChI=1S/C21H24N2O4S/c1-26-16-11-15(12-17(13-16)27-2)22-21(25)18-7-3-4-8-19(18)28-14-20(24)23-9-5-6-10-23/h3-4,7-8,11-13H,5-6,9-10,14H2,1-2H3,(H,22,25). The number of nitrogens with zero attached hydrogens (tertiary/aromatic N) is 1. The predicted molar refractivity (Wildman–Crippen MR) is 110 cm³/mol. The summed E-state index contributed by atoms with van der Waals surface area (Å²) in [5.41, 5.74) is 1.11. The average molecular weight is 401 g/mol. The van der Waals surface area contributed by atoms with Crippen molar-refractivity contribution in [3.63, 3.8) is 0 Å². The second-order valence-electron chi connectivity index (χ2n) is 6.43. The molecule has 0 saturated carbocycles. The third-order valence-corrected chi connectivity index (χ3v) is 5.61. The molecule has 1 aliphatic rings. The molecule has 1 N–H and O–H groups in total. The first-order valence-electron chi connectivity index (χ1n) is 9.14. The van der Waals surface area contributed by atoms with Gasteiger partial charge in [0, 0.05) is 41.9 Å². The van der Waals surface area contributed by atoms with Crippen molar-refractivity contribution in [3.8, 4) is 11.5 Å². The van der Waals surface area contributed by atoms with Crippen molar-refractivity contribution in [2.75, 3.05) is 38.4 Å². The average Bonchev–Trinajstić information content (AvgIpc) is 3.26. The highest BCUT2D eigenvalue weighted by molar-refractivity contribution is 8.00. The van der Waals surface area contributed by atoms with Gasteiger partial charge in [0.1, 0.15) is 11.5 Å². The Morgan fingerprint density at radius 1 is 1.04 bits per heavy atom. The maximum Gasteiger partial charge on any atom is 0.256 e. The number of hydrogen-bond donors (Lipinski definition) is 1. The van der Waals surface area contributed by atoms with Crippen LogP contribution >= 0.6 is 11.8 Å². The van der Waals surface area contributed by atoms with Gasteiger partial charge in [-0.2, -0.15) is 0 Å². The molecule has 2 aromatic rings.